The maximum atomic E-state index is 9.25. The van der Waals surface area contributed by atoms with Gasteiger partial charge in [0, 0.05) is 6.08 Å². The highest BCUT2D eigenvalue weighted by Gasteiger charge is 1.86. The smallest absolute Gasteiger partial charge is 0.327 e. The number of hydrogen-bond acceptors (Lipinski definition) is 3. The lowest BCUT2D eigenvalue weighted by atomic mass is 10.3. The molecule has 2 rings (SSSR count). The first-order valence-corrected chi connectivity index (χ1v) is 5.59. The maximum absolute atomic E-state index is 9.25. The van der Waals surface area contributed by atoms with Gasteiger partial charge in [-0.2, -0.15) is 10.2 Å². The van der Waals surface area contributed by atoms with Crippen LogP contribution in [0.2, 0.25) is 0 Å². The Bertz CT molecular complexity index is 495. The van der Waals surface area contributed by atoms with E-state index in [0.717, 1.165) is 17.5 Å². The molecule has 0 amide bonds. The minimum atomic E-state index is -0.981. The molecule has 96 valence electrons. The van der Waals surface area contributed by atoms with Crippen molar-refractivity contribution in [3.05, 3.63) is 73.3 Å². The molecule has 4 heteroatoms. The first-order valence-electron chi connectivity index (χ1n) is 5.59. The van der Waals surface area contributed by atoms with E-state index in [0.29, 0.717) is 0 Å². The monoisotopic (exact) mass is 254 g/mol. The summed E-state index contributed by atoms with van der Waals surface area (Å²) < 4.78 is 0. The fourth-order valence-corrected chi connectivity index (χ4v) is 1.10. The molecule has 0 bridgehead atoms. The SMILES string of the molecule is C=CC(=O)O.c1ccc(/N=N/c2ccccc2)cc1. The number of rotatable bonds is 3. The van der Waals surface area contributed by atoms with Crippen LogP contribution in [0.3, 0.4) is 0 Å². The van der Waals surface area contributed by atoms with Crippen molar-refractivity contribution < 1.29 is 9.90 Å². The van der Waals surface area contributed by atoms with E-state index in [1.807, 2.05) is 60.7 Å². The number of carboxylic acids is 1. The van der Waals surface area contributed by atoms with E-state index in [4.69, 9.17) is 5.11 Å². The van der Waals surface area contributed by atoms with Gasteiger partial charge in [-0.05, 0) is 24.3 Å². The summed E-state index contributed by atoms with van der Waals surface area (Å²) in [7, 11) is 0. The van der Waals surface area contributed by atoms with Gasteiger partial charge in [0.1, 0.15) is 0 Å². The molecule has 0 radical (unpaired) electrons. The third-order valence-electron chi connectivity index (χ3n) is 1.97. The average Bonchev–Trinajstić information content (AvgIpc) is 2.48. The Morgan fingerprint density at radius 2 is 1.21 bits per heavy atom. The van der Waals surface area contributed by atoms with E-state index in [9.17, 15) is 4.79 Å². The number of carboxylic acid groups (broad SMARTS) is 1. The molecule has 0 saturated heterocycles. The van der Waals surface area contributed by atoms with Gasteiger partial charge in [-0.25, -0.2) is 4.79 Å². The summed E-state index contributed by atoms with van der Waals surface area (Å²) in [6, 6.07) is 19.4. The van der Waals surface area contributed by atoms with Crippen LogP contribution in [-0.4, -0.2) is 11.1 Å². The lowest BCUT2D eigenvalue weighted by Crippen LogP contribution is -1.82. The fourth-order valence-electron chi connectivity index (χ4n) is 1.10. The van der Waals surface area contributed by atoms with Gasteiger partial charge in [-0.1, -0.05) is 43.0 Å². The zero-order chi connectivity index (χ0) is 13.9. The molecular formula is C15H14N2O2. The Hall–Kier alpha value is -2.75. The number of benzene rings is 2. The third-order valence-corrected chi connectivity index (χ3v) is 1.97. The zero-order valence-corrected chi connectivity index (χ0v) is 10.3. The highest BCUT2D eigenvalue weighted by atomic mass is 16.4. The summed E-state index contributed by atoms with van der Waals surface area (Å²) in [6.07, 6.45) is 0.833. The quantitative estimate of drug-likeness (QED) is 0.653. The van der Waals surface area contributed by atoms with E-state index in [1.54, 1.807) is 0 Å². The highest BCUT2D eigenvalue weighted by molar-refractivity contribution is 5.78. The molecule has 4 nitrogen and oxygen atoms in total. The van der Waals surface area contributed by atoms with Crippen LogP contribution >= 0.6 is 0 Å². The van der Waals surface area contributed by atoms with Gasteiger partial charge in [0.05, 0.1) is 11.4 Å². The number of hydrogen-bond donors (Lipinski definition) is 1. The summed E-state index contributed by atoms with van der Waals surface area (Å²) in [6.45, 7) is 2.96. The largest absolute Gasteiger partial charge is 0.478 e. The molecule has 0 aliphatic heterocycles. The van der Waals surface area contributed by atoms with Crippen molar-refractivity contribution in [1.29, 1.82) is 0 Å². The van der Waals surface area contributed by atoms with E-state index in [-0.39, 0.29) is 0 Å². The van der Waals surface area contributed by atoms with Gasteiger partial charge in [0.25, 0.3) is 0 Å². The van der Waals surface area contributed by atoms with Crippen LogP contribution < -0.4 is 0 Å². The lowest BCUT2D eigenvalue weighted by Gasteiger charge is -1.91. The molecule has 19 heavy (non-hydrogen) atoms. The minimum absolute atomic E-state index is 0.833. The molecule has 0 atom stereocenters. The van der Waals surface area contributed by atoms with Crippen molar-refractivity contribution in [2.24, 2.45) is 10.2 Å². The minimum Gasteiger partial charge on any atom is -0.478 e. The number of aliphatic carboxylic acids is 1. The Kier molecular flexibility index (Phi) is 6.29. The van der Waals surface area contributed by atoms with E-state index in [2.05, 4.69) is 16.8 Å². The van der Waals surface area contributed by atoms with E-state index >= 15 is 0 Å². The van der Waals surface area contributed by atoms with Crippen molar-refractivity contribution >= 4 is 17.3 Å². The molecule has 0 aliphatic rings. The number of carbonyl (C=O) groups is 1. The first kappa shape index (κ1) is 14.3. The molecule has 0 fully saturated rings. The standard InChI is InChI=1S/C12H10N2.C3H4O2/c1-3-7-11(8-4-1)13-14-12-9-5-2-6-10-12;1-2-3(4)5/h1-10H;2H,1H2,(H,4,5)/b14-13+;. The normalized spacial score (nSPS) is 9.47. The van der Waals surface area contributed by atoms with Gasteiger partial charge in [0.15, 0.2) is 0 Å². The van der Waals surface area contributed by atoms with Crippen LogP contribution in [0.4, 0.5) is 11.4 Å². The maximum Gasteiger partial charge on any atom is 0.327 e. The van der Waals surface area contributed by atoms with Crippen LogP contribution in [-0.2, 0) is 4.79 Å². The molecule has 0 saturated carbocycles. The molecule has 2 aromatic carbocycles. The van der Waals surface area contributed by atoms with Gasteiger partial charge in [-0.15, -0.1) is 0 Å². The van der Waals surface area contributed by atoms with Gasteiger partial charge in [-0.3, -0.25) is 0 Å². The second-order valence-electron chi connectivity index (χ2n) is 3.41. The summed E-state index contributed by atoms with van der Waals surface area (Å²) in [4.78, 5) is 9.25. The predicted molar refractivity (Wildman–Crippen MR) is 74.9 cm³/mol. The topological polar surface area (TPSA) is 62.0 Å². The van der Waals surface area contributed by atoms with Crippen LogP contribution in [0.5, 0.6) is 0 Å². The van der Waals surface area contributed by atoms with Crippen LogP contribution in [0.1, 0.15) is 0 Å². The second-order valence-corrected chi connectivity index (χ2v) is 3.41. The highest BCUT2D eigenvalue weighted by Crippen LogP contribution is 2.16. The van der Waals surface area contributed by atoms with E-state index in [1.165, 1.54) is 0 Å². The molecule has 0 aromatic heterocycles. The van der Waals surface area contributed by atoms with Crippen molar-refractivity contribution in [2.45, 2.75) is 0 Å². The summed E-state index contributed by atoms with van der Waals surface area (Å²) in [5.74, 6) is -0.981. The Morgan fingerprint density at radius 3 is 1.47 bits per heavy atom. The first-order chi connectivity index (χ1) is 9.22. The number of azo groups is 1. The Morgan fingerprint density at radius 1 is 0.895 bits per heavy atom. The van der Waals surface area contributed by atoms with Gasteiger partial charge < -0.3 is 5.11 Å². The second kappa shape index (κ2) is 8.36. The van der Waals surface area contributed by atoms with Crippen molar-refractivity contribution in [1.82, 2.24) is 0 Å². The Balaban J connectivity index is 0.000000312. The molecule has 0 unspecified atom stereocenters. The Labute approximate surface area is 111 Å². The van der Waals surface area contributed by atoms with Crippen molar-refractivity contribution in [2.75, 3.05) is 0 Å². The fraction of sp³-hybridized carbons (Fsp3) is 0. The zero-order valence-electron chi connectivity index (χ0n) is 10.3. The lowest BCUT2D eigenvalue weighted by molar-refractivity contribution is -0.131. The van der Waals surface area contributed by atoms with Gasteiger partial charge in [0.2, 0.25) is 0 Å². The van der Waals surface area contributed by atoms with Crippen LogP contribution in [0.25, 0.3) is 0 Å². The van der Waals surface area contributed by atoms with Crippen LogP contribution in [0, 0.1) is 0 Å². The van der Waals surface area contributed by atoms with Gasteiger partial charge >= 0.3 is 5.97 Å². The molecule has 0 aliphatic carbocycles. The van der Waals surface area contributed by atoms with Crippen LogP contribution in [0.15, 0.2) is 83.5 Å². The average molecular weight is 254 g/mol. The molecule has 0 heterocycles. The van der Waals surface area contributed by atoms with Crippen molar-refractivity contribution in [3.63, 3.8) is 0 Å². The third kappa shape index (κ3) is 6.53. The molecule has 1 N–H and O–H groups in total. The number of nitrogens with zero attached hydrogens (tertiary/aromatic N) is 2. The summed E-state index contributed by atoms with van der Waals surface area (Å²) in [5, 5.41) is 15.8. The predicted octanol–water partition coefficient (Wildman–Crippen LogP) is 4.36. The van der Waals surface area contributed by atoms with E-state index < -0.39 is 5.97 Å². The molecule has 0 spiro atoms. The molecular weight excluding hydrogens is 240 g/mol. The summed E-state index contributed by atoms with van der Waals surface area (Å²) in [5.41, 5.74) is 1.74. The summed E-state index contributed by atoms with van der Waals surface area (Å²) >= 11 is 0. The molecule has 2 aromatic rings. The van der Waals surface area contributed by atoms with Crippen molar-refractivity contribution in [3.8, 4) is 0 Å².